The van der Waals surface area contributed by atoms with Crippen molar-refractivity contribution in [2.24, 2.45) is 5.73 Å². The van der Waals surface area contributed by atoms with Crippen LogP contribution < -0.4 is 5.73 Å². The van der Waals surface area contributed by atoms with Gasteiger partial charge < -0.3 is 10.8 Å². The summed E-state index contributed by atoms with van der Waals surface area (Å²) in [5.74, 6) is -0.900. The molecule has 14 heavy (non-hydrogen) atoms. The zero-order valence-corrected chi connectivity index (χ0v) is 7.81. The minimum Gasteiger partial charge on any atom is -0.478 e. The Hall–Kier alpha value is -1.61. The van der Waals surface area contributed by atoms with Gasteiger partial charge in [0.1, 0.15) is 0 Å². The molecule has 3 heteroatoms. The van der Waals surface area contributed by atoms with Crippen LogP contribution in [0.1, 0.15) is 22.3 Å². The van der Waals surface area contributed by atoms with Crippen molar-refractivity contribution >= 4 is 12.0 Å². The quantitative estimate of drug-likeness (QED) is 0.762. The second-order valence-corrected chi connectivity index (χ2v) is 2.91. The van der Waals surface area contributed by atoms with Crippen molar-refractivity contribution in [3.63, 3.8) is 0 Å². The molecule has 1 rings (SSSR count). The Morgan fingerprint density at radius 2 is 2.00 bits per heavy atom. The van der Waals surface area contributed by atoms with Crippen LogP contribution >= 0.6 is 0 Å². The average Bonchev–Trinajstić information content (AvgIpc) is 2.19. The van der Waals surface area contributed by atoms with E-state index in [1.54, 1.807) is 24.3 Å². The van der Waals surface area contributed by atoms with E-state index in [1.807, 2.05) is 12.2 Å². The maximum absolute atomic E-state index is 10.5. The Bertz CT molecular complexity index is 328. The molecular formula is C11H13NO2. The lowest BCUT2D eigenvalue weighted by atomic mass is 10.1. The van der Waals surface area contributed by atoms with E-state index in [9.17, 15) is 4.79 Å². The first-order chi connectivity index (χ1) is 6.74. The Balaban J connectivity index is 2.68. The number of carboxylic acids is 1. The van der Waals surface area contributed by atoms with E-state index in [1.165, 1.54) is 0 Å². The average molecular weight is 191 g/mol. The monoisotopic (exact) mass is 191 g/mol. The fourth-order valence-electron chi connectivity index (χ4n) is 1.05. The van der Waals surface area contributed by atoms with Gasteiger partial charge >= 0.3 is 5.97 Å². The molecule has 0 aliphatic heterocycles. The first-order valence-corrected chi connectivity index (χ1v) is 4.44. The standard InChI is InChI=1S/C11H13NO2/c12-8-2-1-3-9-4-6-10(7-5-9)11(13)14/h1,3-7H,2,8,12H2,(H,13,14). The fraction of sp³-hybridized carbons (Fsp3) is 0.182. The van der Waals surface area contributed by atoms with Gasteiger partial charge in [-0.05, 0) is 30.7 Å². The number of hydrogen-bond acceptors (Lipinski definition) is 2. The van der Waals surface area contributed by atoms with Gasteiger partial charge in [0.2, 0.25) is 0 Å². The van der Waals surface area contributed by atoms with Gasteiger partial charge in [-0.15, -0.1) is 0 Å². The number of carbonyl (C=O) groups is 1. The zero-order chi connectivity index (χ0) is 10.4. The van der Waals surface area contributed by atoms with Gasteiger partial charge in [-0.3, -0.25) is 0 Å². The summed E-state index contributed by atoms with van der Waals surface area (Å²) in [7, 11) is 0. The summed E-state index contributed by atoms with van der Waals surface area (Å²) in [5, 5.41) is 8.66. The molecule has 0 fully saturated rings. The maximum atomic E-state index is 10.5. The molecule has 0 aromatic heterocycles. The number of rotatable bonds is 4. The summed E-state index contributed by atoms with van der Waals surface area (Å²) >= 11 is 0. The number of nitrogens with two attached hydrogens (primary N) is 1. The summed E-state index contributed by atoms with van der Waals surface area (Å²) in [6.07, 6.45) is 4.73. The topological polar surface area (TPSA) is 63.3 Å². The molecule has 0 atom stereocenters. The molecule has 74 valence electrons. The van der Waals surface area contributed by atoms with Gasteiger partial charge in [0, 0.05) is 0 Å². The molecule has 0 bridgehead atoms. The van der Waals surface area contributed by atoms with E-state index in [4.69, 9.17) is 10.8 Å². The summed E-state index contributed by atoms with van der Waals surface area (Å²) < 4.78 is 0. The summed E-state index contributed by atoms with van der Waals surface area (Å²) in [6, 6.07) is 6.72. The second-order valence-electron chi connectivity index (χ2n) is 2.91. The van der Waals surface area contributed by atoms with E-state index in [-0.39, 0.29) is 0 Å². The predicted molar refractivity (Wildman–Crippen MR) is 56.1 cm³/mol. The van der Waals surface area contributed by atoms with Crippen LogP contribution in [0.5, 0.6) is 0 Å². The van der Waals surface area contributed by atoms with Crippen LogP contribution in [0.15, 0.2) is 30.3 Å². The Morgan fingerprint density at radius 3 is 2.50 bits per heavy atom. The number of benzene rings is 1. The first-order valence-electron chi connectivity index (χ1n) is 4.44. The van der Waals surface area contributed by atoms with Gasteiger partial charge in [-0.2, -0.15) is 0 Å². The van der Waals surface area contributed by atoms with Crippen molar-refractivity contribution in [3.05, 3.63) is 41.5 Å². The molecule has 0 heterocycles. The van der Waals surface area contributed by atoms with Crippen molar-refractivity contribution in [2.45, 2.75) is 6.42 Å². The molecule has 0 saturated heterocycles. The molecule has 0 spiro atoms. The van der Waals surface area contributed by atoms with Crippen molar-refractivity contribution in [2.75, 3.05) is 6.54 Å². The molecule has 0 amide bonds. The molecule has 0 aliphatic carbocycles. The molecule has 1 aromatic carbocycles. The second kappa shape index (κ2) is 5.19. The van der Waals surface area contributed by atoms with Crippen molar-refractivity contribution in [3.8, 4) is 0 Å². The highest BCUT2D eigenvalue weighted by Crippen LogP contribution is 2.06. The van der Waals surface area contributed by atoms with Gasteiger partial charge in [0.25, 0.3) is 0 Å². The molecule has 0 unspecified atom stereocenters. The van der Waals surface area contributed by atoms with E-state index >= 15 is 0 Å². The van der Waals surface area contributed by atoms with E-state index in [0.717, 1.165) is 12.0 Å². The van der Waals surface area contributed by atoms with Crippen molar-refractivity contribution in [1.29, 1.82) is 0 Å². The predicted octanol–water partition coefficient (Wildman–Crippen LogP) is 1.75. The summed E-state index contributed by atoms with van der Waals surface area (Å²) in [5.41, 5.74) is 6.62. The van der Waals surface area contributed by atoms with Gasteiger partial charge in [0.15, 0.2) is 0 Å². The lowest BCUT2D eigenvalue weighted by Gasteiger charge is -1.95. The SMILES string of the molecule is NCCC=Cc1ccc(C(=O)O)cc1. The largest absolute Gasteiger partial charge is 0.478 e. The van der Waals surface area contributed by atoms with Gasteiger partial charge in [0.05, 0.1) is 5.56 Å². The molecular weight excluding hydrogens is 178 g/mol. The third kappa shape index (κ3) is 3.03. The van der Waals surface area contributed by atoms with Crippen LogP contribution in [0, 0.1) is 0 Å². The van der Waals surface area contributed by atoms with Crippen LogP contribution in [-0.4, -0.2) is 17.6 Å². The molecule has 3 N–H and O–H groups in total. The third-order valence-corrected chi connectivity index (χ3v) is 1.80. The third-order valence-electron chi connectivity index (χ3n) is 1.80. The maximum Gasteiger partial charge on any atom is 0.335 e. The minimum atomic E-state index is -0.900. The normalized spacial score (nSPS) is 10.6. The van der Waals surface area contributed by atoms with Gasteiger partial charge in [-0.1, -0.05) is 24.3 Å². The van der Waals surface area contributed by atoms with Crippen LogP contribution in [0.4, 0.5) is 0 Å². The van der Waals surface area contributed by atoms with Crippen LogP contribution in [-0.2, 0) is 0 Å². The minimum absolute atomic E-state index is 0.306. The van der Waals surface area contributed by atoms with Crippen molar-refractivity contribution < 1.29 is 9.90 Å². The van der Waals surface area contributed by atoms with Crippen molar-refractivity contribution in [1.82, 2.24) is 0 Å². The number of carboxylic acid groups (broad SMARTS) is 1. The summed E-state index contributed by atoms with van der Waals surface area (Å²) in [4.78, 5) is 10.5. The van der Waals surface area contributed by atoms with Crippen LogP contribution in [0.25, 0.3) is 6.08 Å². The summed E-state index contributed by atoms with van der Waals surface area (Å²) in [6.45, 7) is 0.629. The highest BCUT2D eigenvalue weighted by atomic mass is 16.4. The Kier molecular flexibility index (Phi) is 3.88. The van der Waals surface area contributed by atoms with Crippen LogP contribution in [0.3, 0.4) is 0 Å². The fourth-order valence-corrected chi connectivity index (χ4v) is 1.05. The number of hydrogen-bond donors (Lipinski definition) is 2. The molecule has 0 radical (unpaired) electrons. The van der Waals surface area contributed by atoms with E-state index in [0.29, 0.717) is 12.1 Å². The first kappa shape index (κ1) is 10.5. The zero-order valence-electron chi connectivity index (χ0n) is 7.81. The molecule has 1 aromatic rings. The van der Waals surface area contributed by atoms with Crippen LogP contribution in [0.2, 0.25) is 0 Å². The Labute approximate surface area is 82.9 Å². The lowest BCUT2D eigenvalue weighted by Crippen LogP contribution is -1.95. The number of aromatic carboxylic acids is 1. The smallest absolute Gasteiger partial charge is 0.335 e. The lowest BCUT2D eigenvalue weighted by molar-refractivity contribution is 0.0697. The molecule has 0 saturated carbocycles. The van der Waals surface area contributed by atoms with Gasteiger partial charge in [-0.25, -0.2) is 4.79 Å². The molecule has 3 nitrogen and oxygen atoms in total. The highest BCUT2D eigenvalue weighted by molar-refractivity contribution is 5.87. The molecule has 0 aliphatic rings. The highest BCUT2D eigenvalue weighted by Gasteiger charge is 1.99. The van der Waals surface area contributed by atoms with E-state index < -0.39 is 5.97 Å². The van der Waals surface area contributed by atoms with E-state index in [2.05, 4.69) is 0 Å². The Morgan fingerprint density at radius 1 is 1.36 bits per heavy atom.